The van der Waals surface area contributed by atoms with E-state index in [1.54, 1.807) is 6.20 Å². The van der Waals surface area contributed by atoms with Gasteiger partial charge in [0, 0.05) is 25.5 Å². The molecule has 3 aromatic rings. The minimum Gasteiger partial charge on any atom is -0.309 e. The lowest BCUT2D eigenvalue weighted by molar-refractivity contribution is 0.691. The first-order valence-corrected chi connectivity index (χ1v) is 7.16. The van der Waals surface area contributed by atoms with Crippen LogP contribution in [0.15, 0.2) is 79.1 Å². The average molecular weight is 274 g/mol. The normalized spacial score (nSPS) is 10.5. The van der Waals surface area contributed by atoms with E-state index in [1.165, 1.54) is 22.3 Å². The van der Waals surface area contributed by atoms with Crippen LogP contribution in [0.1, 0.15) is 11.1 Å². The predicted molar refractivity (Wildman–Crippen MR) is 86.7 cm³/mol. The fraction of sp³-hybridized carbons (Fsp3) is 0.105. The topological polar surface area (TPSA) is 24.9 Å². The van der Waals surface area contributed by atoms with Gasteiger partial charge in [-0.2, -0.15) is 0 Å². The highest BCUT2D eigenvalue weighted by Gasteiger charge is 1.99. The van der Waals surface area contributed by atoms with Crippen LogP contribution in [0.3, 0.4) is 0 Å². The molecule has 0 bridgehead atoms. The van der Waals surface area contributed by atoms with Crippen LogP contribution in [0, 0.1) is 0 Å². The maximum absolute atomic E-state index is 4.12. The molecule has 3 rings (SSSR count). The van der Waals surface area contributed by atoms with Crippen molar-refractivity contribution < 1.29 is 0 Å². The molecule has 104 valence electrons. The number of nitrogens with zero attached hydrogens (tertiary/aromatic N) is 1. The van der Waals surface area contributed by atoms with E-state index in [0.29, 0.717) is 0 Å². The van der Waals surface area contributed by atoms with Gasteiger partial charge in [-0.15, -0.1) is 0 Å². The maximum Gasteiger partial charge on any atom is 0.0312 e. The zero-order valence-electron chi connectivity index (χ0n) is 11.9. The summed E-state index contributed by atoms with van der Waals surface area (Å²) in [6.07, 6.45) is 3.69. The van der Waals surface area contributed by atoms with Gasteiger partial charge >= 0.3 is 0 Å². The summed E-state index contributed by atoms with van der Waals surface area (Å²) in [7, 11) is 0. The Kier molecular flexibility index (Phi) is 4.39. The Bertz CT molecular complexity index is 678. The Labute approximate surface area is 125 Å². The molecule has 0 aliphatic heterocycles. The summed E-state index contributed by atoms with van der Waals surface area (Å²) in [5.41, 5.74) is 5.01. The molecule has 0 amide bonds. The Morgan fingerprint density at radius 3 is 2.29 bits per heavy atom. The molecule has 0 unspecified atom stereocenters. The third-order valence-electron chi connectivity index (χ3n) is 3.42. The van der Waals surface area contributed by atoms with Crippen molar-refractivity contribution in [1.82, 2.24) is 10.3 Å². The van der Waals surface area contributed by atoms with E-state index in [4.69, 9.17) is 0 Å². The average Bonchev–Trinajstić information content (AvgIpc) is 2.57. The van der Waals surface area contributed by atoms with Gasteiger partial charge in [0.25, 0.3) is 0 Å². The lowest BCUT2D eigenvalue weighted by atomic mass is 10.0. The molecular formula is C19H18N2. The predicted octanol–water partition coefficient (Wildman–Crippen LogP) is 4.04. The van der Waals surface area contributed by atoms with Gasteiger partial charge in [0.2, 0.25) is 0 Å². The molecule has 1 N–H and O–H groups in total. The van der Waals surface area contributed by atoms with Crippen molar-refractivity contribution in [3.05, 3.63) is 90.3 Å². The van der Waals surface area contributed by atoms with Gasteiger partial charge < -0.3 is 5.32 Å². The molecule has 0 aliphatic carbocycles. The summed E-state index contributed by atoms with van der Waals surface area (Å²) in [6, 6.07) is 23.2. The summed E-state index contributed by atoms with van der Waals surface area (Å²) < 4.78 is 0. The van der Waals surface area contributed by atoms with Crippen LogP contribution >= 0.6 is 0 Å². The van der Waals surface area contributed by atoms with Gasteiger partial charge in [-0.25, -0.2) is 0 Å². The van der Waals surface area contributed by atoms with Crippen LogP contribution in [-0.2, 0) is 13.1 Å². The Hall–Kier alpha value is -2.45. The second kappa shape index (κ2) is 6.82. The number of pyridine rings is 1. The van der Waals surface area contributed by atoms with Crippen molar-refractivity contribution in [2.24, 2.45) is 0 Å². The summed E-state index contributed by atoms with van der Waals surface area (Å²) >= 11 is 0. The molecule has 0 aliphatic rings. The zero-order chi connectivity index (χ0) is 14.3. The van der Waals surface area contributed by atoms with Gasteiger partial charge in [-0.05, 0) is 34.4 Å². The molecule has 0 spiro atoms. The van der Waals surface area contributed by atoms with E-state index >= 15 is 0 Å². The van der Waals surface area contributed by atoms with Crippen LogP contribution in [0.25, 0.3) is 11.1 Å². The Balaban J connectivity index is 1.64. The first kappa shape index (κ1) is 13.5. The van der Waals surface area contributed by atoms with E-state index < -0.39 is 0 Å². The van der Waals surface area contributed by atoms with E-state index in [9.17, 15) is 0 Å². The molecule has 2 aromatic carbocycles. The lowest BCUT2D eigenvalue weighted by Crippen LogP contribution is -2.12. The molecule has 21 heavy (non-hydrogen) atoms. The van der Waals surface area contributed by atoms with Crippen molar-refractivity contribution in [1.29, 1.82) is 0 Å². The maximum atomic E-state index is 4.12. The number of hydrogen-bond donors (Lipinski definition) is 1. The third kappa shape index (κ3) is 3.77. The standard InChI is InChI=1S/C19H18N2/c1-2-8-18(9-3-1)19-10-4-6-16(12-19)13-21-15-17-7-5-11-20-14-17/h1-12,14,21H,13,15H2. The summed E-state index contributed by atoms with van der Waals surface area (Å²) in [5.74, 6) is 0. The highest BCUT2D eigenvalue weighted by Crippen LogP contribution is 2.19. The number of aromatic nitrogens is 1. The third-order valence-corrected chi connectivity index (χ3v) is 3.42. The van der Waals surface area contributed by atoms with Gasteiger partial charge in [0.05, 0.1) is 0 Å². The highest BCUT2D eigenvalue weighted by molar-refractivity contribution is 5.63. The molecule has 2 nitrogen and oxygen atoms in total. The smallest absolute Gasteiger partial charge is 0.0312 e. The number of rotatable bonds is 5. The molecule has 2 heteroatoms. The van der Waals surface area contributed by atoms with Crippen molar-refractivity contribution >= 4 is 0 Å². The van der Waals surface area contributed by atoms with E-state index in [0.717, 1.165) is 13.1 Å². The first-order valence-electron chi connectivity index (χ1n) is 7.16. The van der Waals surface area contributed by atoms with Crippen LogP contribution < -0.4 is 5.32 Å². The fourth-order valence-electron chi connectivity index (χ4n) is 2.35. The second-order valence-electron chi connectivity index (χ2n) is 5.03. The van der Waals surface area contributed by atoms with Crippen LogP contribution in [0.2, 0.25) is 0 Å². The Morgan fingerprint density at radius 1 is 0.714 bits per heavy atom. The van der Waals surface area contributed by atoms with Crippen molar-refractivity contribution in [3.63, 3.8) is 0 Å². The largest absolute Gasteiger partial charge is 0.309 e. The van der Waals surface area contributed by atoms with Gasteiger partial charge in [0.15, 0.2) is 0 Å². The quantitative estimate of drug-likeness (QED) is 0.759. The Morgan fingerprint density at radius 2 is 1.48 bits per heavy atom. The molecule has 1 heterocycles. The molecule has 1 aromatic heterocycles. The summed E-state index contributed by atoms with van der Waals surface area (Å²) in [4.78, 5) is 4.12. The highest BCUT2D eigenvalue weighted by atomic mass is 14.8. The number of hydrogen-bond acceptors (Lipinski definition) is 2. The second-order valence-corrected chi connectivity index (χ2v) is 5.03. The first-order chi connectivity index (χ1) is 10.4. The van der Waals surface area contributed by atoms with Gasteiger partial charge in [-0.1, -0.05) is 54.6 Å². The SMILES string of the molecule is c1ccc(-c2cccc(CNCc3cccnc3)c2)cc1. The summed E-state index contributed by atoms with van der Waals surface area (Å²) in [5, 5.41) is 3.46. The van der Waals surface area contributed by atoms with Crippen LogP contribution in [0.4, 0.5) is 0 Å². The van der Waals surface area contributed by atoms with Crippen LogP contribution in [0.5, 0.6) is 0 Å². The molecular weight excluding hydrogens is 256 g/mol. The van der Waals surface area contributed by atoms with Crippen molar-refractivity contribution in [3.8, 4) is 11.1 Å². The molecule has 0 saturated heterocycles. The molecule has 0 atom stereocenters. The van der Waals surface area contributed by atoms with Gasteiger partial charge in [-0.3, -0.25) is 4.98 Å². The molecule has 0 fully saturated rings. The summed E-state index contributed by atoms with van der Waals surface area (Å²) in [6.45, 7) is 1.69. The number of benzene rings is 2. The zero-order valence-corrected chi connectivity index (χ0v) is 11.9. The van der Waals surface area contributed by atoms with Crippen molar-refractivity contribution in [2.45, 2.75) is 13.1 Å². The number of nitrogens with one attached hydrogen (secondary N) is 1. The minimum absolute atomic E-state index is 0.837. The molecule has 0 saturated carbocycles. The monoisotopic (exact) mass is 274 g/mol. The lowest BCUT2D eigenvalue weighted by Gasteiger charge is -2.07. The minimum atomic E-state index is 0.837. The fourth-order valence-corrected chi connectivity index (χ4v) is 2.35. The van der Waals surface area contributed by atoms with Crippen molar-refractivity contribution in [2.75, 3.05) is 0 Å². The van der Waals surface area contributed by atoms with Gasteiger partial charge in [0.1, 0.15) is 0 Å². The van der Waals surface area contributed by atoms with Crippen LogP contribution in [-0.4, -0.2) is 4.98 Å². The van der Waals surface area contributed by atoms with E-state index in [1.807, 2.05) is 18.3 Å². The molecule has 0 radical (unpaired) electrons. The van der Waals surface area contributed by atoms with E-state index in [-0.39, 0.29) is 0 Å². The van der Waals surface area contributed by atoms with E-state index in [2.05, 4.69) is 64.9 Å².